The molecular formula is C15H20N2. The van der Waals surface area contributed by atoms with Gasteiger partial charge in [0.25, 0.3) is 0 Å². The van der Waals surface area contributed by atoms with Gasteiger partial charge in [-0.1, -0.05) is 24.3 Å². The van der Waals surface area contributed by atoms with Crippen molar-refractivity contribution in [3.05, 3.63) is 41.5 Å². The molecule has 1 aromatic carbocycles. The van der Waals surface area contributed by atoms with Crippen molar-refractivity contribution in [1.29, 1.82) is 0 Å². The van der Waals surface area contributed by atoms with Crippen LogP contribution >= 0.6 is 0 Å². The van der Waals surface area contributed by atoms with Gasteiger partial charge in [0.05, 0.1) is 5.69 Å². The van der Waals surface area contributed by atoms with Crippen molar-refractivity contribution in [1.82, 2.24) is 5.43 Å². The number of nitrogens with zero attached hydrogens (tertiary/aromatic N) is 1. The van der Waals surface area contributed by atoms with E-state index in [2.05, 4.69) is 42.3 Å². The maximum absolute atomic E-state index is 4.09. The van der Waals surface area contributed by atoms with Crippen LogP contribution in [0.15, 0.2) is 30.4 Å². The molecule has 1 aromatic rings. The SMILES string of the molecule is C=C1CCC(c2ccc3c(c2)N(C)NC3)CC1. The standard InChI is InChI=1S/C15H20N2/c1-11-3-5-12(6-4-11)13-7-8-14-10-16-17(2)15(14)9-13/h7-9,12,16H,1,3-6,10H2,2H3. The highest BCUT2D eigenvalue weighted by molar-refractivity contribution is 5.57. The van der Waals surface area contributed by atoms with Gasteiger partial charge >= 0.3 is 0 Å². The van der Waals surface area contributed by atoms with Crippen LogP contribution in [0, 0.1) is 0 Å². The molecule has 2 heteroatoms. The van der Waals surface area contributed by atoms with E-state index >= 15 is 0 Å². The summed E-state index contributed by atoms with van der Waals surface area (Å²) >= 11 is 0. The Morgan fingerprint density at radius 3 is 2.82 bits per heavy atom. The number of benzene rings is 1. The van der Waals surface area contributed by atoms with Crippen LogP contribution in [-0.2, 0) is 6.54 Å². The molecule has 1 fully saturated rings. The van der Waals surface area contributed by atoms with Crippen LogP contribution in [-0.4, -0.2) is 7.05 Å². The minimum atomic E-state index is 0.736. The fourth-order valence-electron chi connectivity index (χ4n) is 2.94. The molecular weight excluding hydrogens is 208 g/mol. The number of hydrogen-bond acceptors (Lipinski definition) is 2. The Morgan fingerprint density at radius 2 is 2.06 bits per heavy atom. The second-order valence-corrected chi connectivity index (χ2v) is 5.31. The van der Waals surface area contributed by atoms with Crippen molar-refractivity contribution >= 4 is 5.69 Å². The maximum atomic E-state index is 4.09. The van der Waals surface area contributed by atoms with E-state index in [-0.39, 0.29) is 0 Å². The van der Waals surface area contributed by atoms with Gasteiger partial charge in [0.1, 0.15) is 0 Å². The number of hydrazine groups is 1. The first-order chi connectivity index (χ1) is 8.24. The van der Waals surface area contributed by atoms with Crippen molar-refractivity contribution in [3.8, 4) is 0 Å². The second kappa shape index (κ2) is 4.19. The first-order valence-electron chi connectivity index (χ1n) is 6.51. The normalized spacial score (nSPS) is 20.8. The van der Waals surface area contributed by atoms with E-state index in [0.29, 0.717) is 0 Å². The van der Waals surface area contributed by atoms with Crippen molar-refractivity contribution in [2.24, 2.45) is 0 Å². The Hall–Kier alpha value is -1.28. The zero-order valence-electron chi connectivity index (χ0n) is 10.5. The Morgan fingerprint density at radius 1 is 1.29 bits per heavy atom. The van der Waals surface area contributed by atoms with Gasteiger partial charge in [-0.05, 0) is 48.8 Å². The molecule has 1 N–H and O–H groups in total. The van der Waals surface area contributed by atoms with E-state index in [1.807, 2.05) is 0 Å². The fourth-order valence-corrected chi connectivity index (χ4v) is 2.94. The van der Waals surface area contributed by atoms with Crippen molar-refractivity contribution in [2.75, 3.05) is 12.1 Å². The fraction of sp³-hybridized carbons (Fsp3) is 0.467. The molecule has 0 atom stereocenters. The van der Waals surface area contributed by atoms with Gasteiger partial charge < -0.3 is 5.01 Å². The lowest BCUT2D eigenvalue weighted by atomic mass is 9.82. The summed E-state index contributed by atoms with van der Waals surface area (Å²) in [5.74, 6) is 0.736. The Labute approximate surface area is 103 Å². The zero-order valence-corrected chi connectivity index (χ0v) is 10.5. The van der Waals surface area contributed by atoms with Crippen LogP contribution in [0.4, 0.5) is 5.69 Å². The number of anilines is 1. The number of nitrogens with one attached hydrogen (secondary N) is 1. The molecule has 0 aromatic heterocycles. The Kier molecular flexibility index (Phi) is 2.67. The molecule has 0 amide bonds. The van der Waals surface area contributed by atoms with E-state index in [4.69, 9.17) is 0 Å². The summed E-state index contributed by atoms with van der Waals surface area (Å²) in [5.41, 5.74) is 9.05. The highest BCUT2D eigenvalue weighted by Crippen LogP contribution is 2.37. The van der Waals surface area contributed by atoms with E-state index in [0.717, 1.165) is 12.5 Å². The molecule has 2 aliphatic rings. The summed E-state index contributed by atoms with van der Waals surface area (Å²) in [7, 11) is 2.10. The number of rotatable bonds is 1. The summed E-state index contributed by atoms with van der Waals surface area (Å²) in [6.45, 7) is 5.06. The van der Waals surface area contributed by atoms with Crippen LogP contribution in [0.5, 0.6) is 0 Å². The van der Waals surface area contributed by atoms with Crippen LogP contribution in [0.3, 0.4) is 0 Å². The lowest BCUT2D eigenvalue weighted by Gasteiger charge is -2.24. The maximum Gasteiger partial charge on any atom is 0.0565 e. The quantitative estimate of drug-likeness (QED) is 0.741. The largest absolute Gasteiger partial charge is 0.311 e. The molecule has 1 heterocycles. The van der Waals surface area contributed by atoms with Crippen LogP contribution in [0.1, 0.15) is 42.7 Å². The lowest BCUT2D eigenvalue weighted by Crippen LogP contribution is -2.26. The van der Waals surface area contributed by atoms with Crippen LogP contribution in [0.25, 0.3) is 0 Å². The second-order valence-electron chi connectivity index (χ2n) is 5.31. The molecule has 0 bridgehead atoms. The summed E-state index contributed by atoms with van der Waals surface area (Å²) in [6.07, 6.45) is 4.95. The lowest BCUT2D eigenvalue weighted by molar-refractivity contribution is 0.518. The monoisotopic (exact) mass is 228 g/mol. The summed E-state index contributed by atoms with van der Waals surface area (Å²) in [6, 6.07) is 6.97. The zero-order chi connectivity index (χ0) is 11.8. The van der Waals surface area contributed by atoms with Gasteiger partial charge in [-0.25, -0.2) is 5.43 Å². The topological polar surface area (TPSA) is 15.3 Å². The van der Waals surface area contributed by atoms with E-state index < -0.39 is 0 Å². The average Bonchev–Trinajstić information content (AvgIpc) is 2.72. The van der Waals surface area contributed by atoms with Gasteiger partial charge in [-0.3, -0.25) is 0 Å². The van der Waals surface area contributed by atoms with Crippen LogP contribution < -0.4 is 10.4 Å². The van der Waals surface area contributed by atoms with Crippen molar-refractivity contribution < 1.29 is 0 Å². The molecule has 0 radical (unpaired) electrons. The number of hydrogen-bond donors (Lipinski definition) is 1. The molecule has 1 aliphatic heterocycles. The number of allylic oxidation sites excluding steroid dienone is 1. The molecule has 17 heavy (non-hydrogen) atoms. The first-order valence-corrected chi connectivity index (χ1v) is 6.51. The van der Waals surface area contributed by atoms with Gasteiger partial charge in [-0.2, -0.15) is 0 Å². The molecule has 1 aliphatic carbocycles. The predicted molar refractivity (Wildman–Crippen MR) is 72.0 cm³/mol. The molecule has 0 spiro atoms. The summed E-state index contributed by atoms with van der Waals surface area (Å²) in [5, 5.41) is 2.14. The van der Waals surface area contributed by atoms with Gasteiger partial charge in [-0.15, -0.1) is 0 Å². The number of fused-ring (bicyclic) bond motifs is 1. The first kappa shape index (κ1) is 10.8. The van der Waals surface area contributed by atoms with Crippen LogP contribution in [0.2, 0.25) is 0 Å². The van der Waals surface area contributed by atoms with Crippen molar-refractivity contribution in [3.63, 3.8) is 0 Å². The average molecular weight is 228 g/mol. The third-order valence-corrected chi connectivity index (χ3v) is 4.14. The highest BCUT2D eigenvalue weighted by atomic mass is 15.5. The van der Waals surface area contributed by atoms with E-state index in [9.17, 15) is 0 Å². The minimum absolute atomic E-state index is 0.736. The minimum Gasteiger partial charge on any atom is -0.311 e. The smallest absolute Gasteiger partial charge is 0.0565 e. The van der Waals surface area contributed by atoms with Gasteiger partial charge in [0, 0.05) is 13.6 Å². The van der Waals surface area contributed by atoms with E-state index in [1.165, 1.54) is 48.1 Å². The van der Waals surface area contributed by atoms with Crippen molar-refractivity contribution in [2.45, 2.75) is 38.1 Å². The van der Waals surface area contributed by atoms with Gasteiger partial charge in [0.2, 0.25) is 0 Å². The molecule has 1 saturated carbocycles. The van der Waals surface area contributed by atoms with E-state index in [1.54, 1.807) is 0 Å². The third kappa shape index (κ3) is 1.98. The Bertz CT molecular complexity index is 440. The molecule has 0 unspecified atom stereocenters. The molecule has 0 saturated heterocycles. The molecule has 3 rings (SSSR count). The molecule has 90 valence electrons. The Balaban J connectivity index is 1.84. The predicted octanol–water partition coefficient (Wildman–Crippen LogP) is 3.35. The third-order valence-electron chi connectivity index (χ3n) is 4.14. The van der Waals surface area contributed by atoms with Gasteiger partial charge in [0.15, 0.2) is 0 Å². The highest BCUT2D eigenvalue weighted by Gasteiger charge is 2.21. The summed E-state index contributed by atoms with van der Waals surface area (Å²) in [4.78, 5) is 0. The summed E-state index contributed by atoms with van der Waals surface area (Å²) < 4.78 is 0. The molecule has 2 nitrogen and oxygen atoms in total.